The van der Waals surface area contributed by atoms with E-state index in [9.17, 15) is 24.6 Å². The lowest BCUT2D eigenvalue weighted by molar-refractivity contribution is -0.141. The van der Waals surface area contributed by atoms with Crippen molar-refractivity contribution in [3.05, 3.63) is 75.4 Å². The minimum atomic E-state index is -1.17. The van der Waals surface area contributed by atoms with Gasteiger partial charge in [0.2, 0.25) is 0 Å². The van der Waals surface area contributed by atoms with Crippen molar-refractivity contribution in [2.24, 2.45) is 0 Å². The molecule has 0 aliphatic carbocycles. The predicted molar refractivity (Wildman–Crippen MR) is 197 cm³/mol. The van der Waals surface area contributed by atoms with Crippen LogP contribution in [-0.2, 0) is 36.7 Å². The molecule has 5 heterocycles. The predicted octanol–water partition coefficient (Wildman–Crippen LogP) is 5.09. The largest absolute Gasteiger partial charge is 0.469 e. The quantitative estimate of drug-likeness (QED) is 0.171. The number of methoxy groups -OCH3 is 2. The molecular formula is C39H47N5O7. The maximum absolute atomic E-state index is 14.0. The van der Waals surface area contributed by atoms with Crippen LogP contribution in [0.5, 0.6) is 0 Å². The molecule has 270 valence electrons. The van der Waals surface area contributed by atoms with Gasteiger partial charge < -0.3 is 35.0 Å². The van der Waals surface area contributed by atoms with E-state index in [1.165, 1.54) is 14.2 Å². The summed E-state index contributed by atoms with van der Waals surface area (Å²) in [4.78, 5) is 56.9. The van der Waals surface area contributed by atoms with Gasteiger partial charge in [-0.2, -0.15) is 0 Å². The Hall–Kier alpha value is -5.07. The number of aliphatic hydroxyl groups is 2. The number of aryl methyl sites for hydroxylation is 3. The van der Waals surface area contributed by atoms with E-state index in [1.54, 1.807) is 6.92 Å². The average molecular weight is 698 g/mol. The van der Waals surface area contributed by atoms with Crippen molar-refractivity contribution in [2.45, 2.75) is 78.2 Å². The summed E-state index contributed by atoms with van der Waals surface area (Å²) in [6.45, 7) is 13.3. The number of esters is 2. The zero-order valence-electron chi connectivity index (χ0n) is 30.3. The van der Waals surface area contributed by atoms with Crippen LogP contribution in [0.3, 0.4) is 0 Å². The lowest BCUT2D eigenvalue weighted by Gasteiger charge is -2.18. The fourth-order valence-electron chi connectivity index (χ4n) is 7.07. The molecule has 2 aliphatic heterocycles. The SMILES string of the molecule is C=Cc1c(C)c2cc3nc(c(CC(=O)OC)c4nc(cc5[nH]c(cc1[nH]2)c(C)c5CC)C(C)=C4C(=O)NCC(O)CO)C(CCC(=O)OC)C3C. The van der Waals surface area contributed by atoms with Crippen molar-refractivity contribution in [1.29, 1.82) is 0 Å². The summed E-state index contributed by atoms with van der Waals surface area (Å²) in [5.41, 5.74) is 10.7. The van der Waals surface area contributed by atoms with Crippen LogP contribution in [0.4, 0.5) is 0 Å². The van der Waals surface area contributed by atoms with E-state index in [2.05, 4.69) is 41.8 Å². The van der Waals surface area contributed by atoms with Crippen molar-refractivity contribution >= 4 is 57.1 Å². The lowest BCUT2D eigenvalue weighted by Crippen LogP contribution is -2.34. The summed E-state index contributed by atoms with van der Waals surface area (Å²) in [6.07, 6.45) is 1.62. The van der Waals surface area contributed by atoms with Crippen LogP contribution in [0.25, 0.3) is 39.3 Å². The van der Waals surface area contributed by atoms with E-state index in [-0.39, 0.29) is 48.5 Å². The maximum Gasteiger partial charge on any atom is 0.310 e. The van der Waals surface area contributed by atoms with Gasteiger partial charge >= 0.3 is 11.9 Å². The maximum atomic E-state index is 14.0. The Labute approximate surface area is 297 Å². The first kappa shape index (κ1) is 37.2. The summed E-state index contributed by atoms with van der Waals surface area (Å²) in [6, 6.07) is 5.96. The third-order valence-electron chi connectivity index (χ3n) is 10.1. The molecule has 3 unspecified atom stereocenters. The van der Waals surface area contributed by atoms with E-state index < -0.39 is 24.6 Å². The molecule has 1 amide bonds. The number of carbonyl (C=O) groups excluding carboxylic acids is 3. The Morgan fingerprint density at radius 1 is 0.980 bits per heavy atom. The Kier molecular flexibility index (Phi) is 11.3. The molecule has 5 N–H and O–H groups in total. The first-order valence-electron chi connectivity index (χ1n) is 17.2. The molecule has 0 saturated carbocycles. The number of aliphatic hydroxyl groups excluding tert-OH is 2. The topological polar surface area (TPSA) is 180 Å². The van der Waals surface area contributed by atoms with Gasteiger partial charge in [-0.05, 0) is 74.1 Å². The number of amides is 1. The average Bonchev–Trinajstić information content (AvgIpc) is 3.80. The molecule has 12 nitrogen and oxygen atoms in total. The molecule has 12 heteroatoms. The Bertz CT molecular complexity index is 2090. The molecule has 3 aromatic rings. The van der Waals surface area contributed by atoms with Crippen molar-refractivity contribution in [2.75, 3.05) is 27.4 Å². The Morgan fingerprint density at radius 3 is 2.31 bits per heavy atom. The number of aromatic amines is 2. The highest BCUT2D eigenvalue weighted by Gasteiger charge is 2.36. The number of carbonyl (C=O) groups is 3. The van der Waals surface area contributed by atoms with Gasteiger partial charge in [-0.3, -0.25) is 19.4 Å². The summed E-state index contributed by atoms with van der Waals surface area (Å²) in [7, 11) is 2.63. The van der Waals surface area contributed by atoms with Crippen molar-refractivity contribution in [3.63, 3.8) is 0 Å². The molecule has 8 bridgehead atoms. The third kappa shape index (κ3) is 7.24. The number of allylic oxidation sites excluding steroid dienone is 1. The number of aromatic nitrogens is 4. The van der Waals surface area contributed by atoms with Gasteiger partial charge in [0.1, 0.15) is 0 Å². The normalized spacial score (nSPS) is 16.2. The van der Waals surface area contributed by atoms with Crippen LogP contribution in [-0.4, -0.2) is 81.5 Å². The first-order valence-corrected chi connectivity index (χ1v) is 17.2. The molecular weight excluding hydrogens is 650 g/mol. The minimum absolute atomic E-state index is 0.109. The van der Waals surface area contributed by atoms with E-state index in [4.69, 9.17) is 19.4 Å². The standard InChI is InChI=1S/C39H47N5O7/c1-9-24-19(3)28-14-30-21(5)26(11-12-34(47)50-7)37(43-30)27(13-35(48)51-8)38-36(39(49)40-17-23(46)18-45)22(6)31(44-38)16-33-25(10-2)20(4)29(42-33)15-32(24)41-28/h9,14-16,21,23,26,41-42,45-46H,1,10-13,17-18H2,2-8H3,(H,40,49). The zero-order chi connectivity index (χ0) is 37.1. The summed E-state index contributed by atoms with van der Waals surface area (Å²) in [5, 5.41) is 22.2. The summed E-state index contributed by atoms with van der Waals surface area (Å²) in [5.74, 6) is -2.01. The lowest BCUT2D eigenvalue weighted by atomic mass is 9.84. The molecule has 5 rings (SSSR count). The van der Waals surface area contributed by atoms with E-state index >= 15 is 0 Å². The second-order valence-corrected chi connectivity index (χ2v) is 13.1. The molecule has 0 spiro atoms. The van der Waals surface area contributed by atoms with E-state index in [0.29, 0.717) is 28.9 Å². The van der Waals surface area contributed by atoms with Crippen molar-refractivity contribution in [1.82, 2.24) is 25.3 Å². The number of rotatable bonds is 11. The monoisotopic (exact) mass is 697 g/mol. The van der Waals surface area contributed by atoms with Crippen LogP contribution in [0.2, 0.25) is 0 Å². The van der Waals surface area contributed by atoms with E-state index in [0.717, 1.165) is 56.4 Å². The molecule has 3 atom stereocenters. The van der Waals surface area contributed by atoms with Gasteiger partial charge in [0, 0.05) is 63.7 Å². The highest BCUT2D eigenvalue weighted by atomic mass is 16.5. The van der Waals surface area contributed by atoms with Gasteiger partial charge in [0.25, 0.3) is 5.91 Å². The number of fused-ring (bicyclic) bond motifs is 8. The number of hydrogen-bond donors (Lipinski definition) is 5. The molecule has 3 aromatic heterocycles. The molecule has 0 fully saturated rings. The molecule has 2 aliphatic rings. The summed E-state index contributed by atoms with van der Waals surface area (Å²) < 4.78 is 10.1. The van der Waals surface area contributed by atoms with Gasteiger partial charge in [-0.15, -0.1) is 0 Å². The van der Waals surface area contributed by atoms with Gasteiger partial charge in [-0.25, -0.2) is 4.98 Å². The number of nitrogens with zero attached hydrogens (tertiary/aromatic N) is 2. The fraction of sp³-hybridized carbons (Fsp3) is 0.410. The molecule has 0 saturated heterocycles. The van der Waals surface area contributed by atoms with Crippen molar-refractivity contribution in [3.8, 4) is 0 Å². The third-order valence-corrected chi connectivity index (χ3v) is 10.1. The molecule has 51 heavy (non-hydrogen) atoms. The number of nitrogens with one attached hydrogen (secondary N) is 3. The second-order valence-electron chi connectivity index (χ2n) is 13.1. The van der Waals surface area contributed by atoms with Gasteiger partial charge in [-0.1, -0.05) is 26.5 Å². The zero-order valence-corrected chi connectivity index (χ0v) is 30.3. The Morgan fingerprint density at radius 2 is 1.67 bits per heavy atom. The highest BCUT2D eigenvalue weighted by molar-refractivity contribution is 6.27. The number of ether oxygens (including phenoxy) is 2. The molecule has 0 radical (unpaired) electrons. The van der Waals surface area contributed by atoms with E-state index in [1.807, 2.05) is 32.1 Å². The fourth-order valence-corrected chi connectivity index (χ4v) is 7.07. The van der Waals surface area contributed by atoms with Crippen LogP contribution >= 0.6 is 0 Å². The van der Waals surface area contributed by atoms with Gasteiger partial charge in [0.15, 0.2) is 0 Å². The molecule has 0 aromatic carbocycles. The second kappa shape index (κ2) is 15.4. The van der Waals surface area contributed by atoms with Crippen LogP contribution in [0.1, 0.15) is 96.0 Å². The van der Waals surface area contributed by atoms with Gasteiger partial charge in [0.05, 0.1) is 56.0 Å². The highest BCUT2D eigenvalue weighted by Crippen LogP contribution is 2.44. The van der Waals surface area contributed by atoms with Crippen LogP contribution in [0, 0.1) is 13.8 Å². The van der Waals surface area contributed by atoms with Crippen LogP contribution < -0.4 is 5.32 Å². The minimum Gasteiger partial charge on any atom is -0.469 e. The number of hydrogen-bond acceptors (Lipinski definition) is 9. The van der Waals surface area contributed by atoms with Crippen molar-refractivity contribution < 1.29 is 34.1 Å². The Balaban J connectivity index is 1.98. The smallest absolute Gasteiger partial charge is 0.310 e. The van der Waals surface area contributed by atoms with Crippen LogP contribution in [0.15, 0.2) is 24.8 Å². The number of H-pyrrole nitrogens is 2. The summed E-state index contributed by atoms with van der Waals surface area (Å²) >= 11 is 0. The first-order chi connectivity index (χ1) is 24.4.